The van der Waals surface area contributed by atoms with E-state index >= 15 is 0 Å². The molecule has 0 unspecified atom stereocenters. The van der Waals surface area contributed by atoms with E-state index in [0.29, 0.717) is 5.56 Å². The number of carbonyl (C=O) groups is 3. The third kappa shape index (κ3) is 2.62. The third-order valence-corrected chi connectivity index (χ3v) is 3.11. The van der Waals surface area contributed by atoms with Crippen LogP contribution in [-0.4, -0.2) is 24.9 Å². The number of amides is 2. The minimum atomic E-state index is -1.09. The van der Waals surface area contributed by atoms with Crippen LogP contribution in [0, 0.1) is 11.7 Å². The van der Waals surface area contributed by atoms with Gasteiger partial charge in [-0.1, -0.05) is 12.1 Å². The molecule has 0 spiro atoms. The van der Waals surface area contributed by atoms with E-state index in [1.54, 1.807) is 0 Å². The summed E-state index contributed by atoms with van der Waals surface area (Å²) in [6.45, 7) is 0. The molecule has 5 nitrogen and oxygen atoms in total. The van der Waals surface area contributed by atoms with Crippen LogP contribution in [0.15, 0.2) is 24.3 Å². The van der Waals surface area contributed by atoms with E-state index in [4.69, 9.17) is 0 Å². The highest BCUT2D eigenvalue weighted by Gasteiger charge is 2.42. The predicted molar refractivity (Wildman–Crippen MR) is 62.4 cm³/mol. The van der Waals surface area contributed by atoms with Gasteiger partial charge in [-0.2, -0.15) is 0 Å². The van der Waals surface area contributed by atoms with E-state index in [0.717, 1.165) is 0 Å². The second-order valence-electron chi connectivity index (χ2n) is 4.28. The largest absolute Gasteiger partial charge is 0.468 e. The Kier molecular flexibility index (Phi) is 3.59. The topological polar surface area (TPSA) is 72.5 Å². The zero-order valence-corrected chi connectivity index (χ0v) is 10.2. The molecule has 0 aromatic heterocycles. The number of ether oxygens (including phenoxy) is 1. The maximum absolute atomic E-state index is 12.9. The third-order valence-electron chi connectivity index (χ3n) is 3.11. The fourth-order valence-corrected chi connectivity index (χ4v) is 2.19. The average molecular weight is 265 g/mol. The van der Waals surface area contributed by atoms with Gasteiger partial charge in [0.2, 0.25) is 11.8 Å². The summed E-state index contributed by atoms with van der Waals surface area (Å²) in [5.74, 6) is -4.00. The maximum Gasteiger partial charge on any atom is 0.318 e. The highest BCUT2D eigenvalue weighted by atomic mass is 19.1. The Hall–Kier alpha value is -2.24. The van der Waals surface area contributed by atoms with Gasteiger partial charge in [0, 0.05) is 12.3 Å². The molecule has 1 aliphatic rings. The van der Waals surface area contributed by atoms with Crippen LogP contribution in [0.1, 0.15) is 17.9 Å². The van der Waals surface area contributed by atoms with Gasteiger partial charge >= 0.3 is 5.97 Å². The lowest BCUT2D eigenvalue weighted by atomic mass is 9.80. The van der Waals surface area contributed by atoms with Crippen molar-refractivity contribution in [1.29, 1.82) is 0 Å². The van der Waals surface area contributed by atoms with Gasteiger partial charge in [0.15, 0.2) is 0 Å². The zero-order valence-electron chi connectivity index (χ0n) is 10.2. The van der Waals surface area contributed by atoms with Crippen molar-refractivity contribution in [3.63, 3.8) is 0 Å². The van der Waals surface area contributed by atoms with E-state index in [-0.39, 0.29) is 6.42 Å². The fourth-order valence-electron chi connectivity index (χ4n) is 2.19. The summed E-state index contributed by atoms with van der Waals surface area (Å²) in [5, 5.41) is 2.10. The molecule has 1 aromatic rings. The Morgan fingerprint density at radius 2 is 1.95 bits per heavy atom. The molecule has 1 N–H and O–H groups in total. The molecule has 0 bridgehead atoms. The summed E-state index contributed by atoms with van der Waals surface area (Å²) in [5.41, 5.74) is 0.556. The van der Waals surface area contributed by atoms with Gasteiger partial charge in [0.25, 0.3) is 0 Å². The van der Waals surface area contributed by atoms with Gasteiger partial charge in [-0.25, -0.2) is 4.39 Å². The van der Waals surface area contributed by atoms with Crippen LogP contribution < -0.4 is 5.32 Å². The maximum atomic E-state index is 12.9. The summed E-state index contributed by atoms with van der Waals surface area (Å²) in [6, 6.07) is 5.37. The molecule has 2 amide bonds. The Morgan fingerprint density at radius 3 is 2.53 bits per heavy atom. The fraction of sp³-hybridized carbons (Fsp3) is 0.308. The van der Waals surface area contributed by atoms with Crippen molar-refractivity contribution in [2.75, 3.05) is 7.11 Å². The van der Waals surface area contributed by atoms with E-state index in [9.17, 15) is 18.8 Å². The Balaban J connectivity index is 2.37. The van der Waals surface area contributed by atoms with Crippen LogP contribution >= 0.6 is 0 Å². The number of rotatable bonds is 2. The summed E-state index contributed by atoms with van der Waals surface area (Å²) in [4.78, 5) is 34.8. The van der Waals surface area contributed by atoms with Crippen LogP contribution in [-0.2, 0) is 19.1 Å². The van der Waals surface area contributed by atoms with Crippen molar-refractivity contribution in [1.82, 2.24) is 5.32 Å². The van der Waals surface area contributed by atoms with Crippen molar-refractivity contribution >= 4 is 17.8 Å². The number of imide groups is 1. The first-order valence-electron chi connectivity index (χ1n) is 5.70. The second-order valence-corrected chi connectivity index (χ2v) is 4.28. The molecular formula is C13H12FNO4. The smallest absolute Gasteiger partial charge is 0.318 e. The van der Waals surface area contributed by atoms with Crippen molar-refractivity contribution in [3.05, 3.63) is 35.6 Å². The number of benzene rings is 1. The van der Waals surface area contributed by atoms with Crippen molar-refractivity contribution in [3.8, 4) is 0 Å². The Bertz CT molecular complexity index is 526. The average Bonchev–Trinajstić information content (AvgIpc) is 2.38. The molecule has 6 heteroatoms. The van der Waals surface area contributed by atoms with Gasteiger partial charge in [-0.15, -0.1) is 0 Å². The number of hydrogen-bond donors (Lipinski definition) is 1. The first-order chi connectivity index (χ1) is 9.02. The first-order valence-corrected chi connectivity index (χ1v) is 5.70. The number of halogens is 1. The highest BCUT2D eigenvalue weighted by Crippen LogP contribution is 2.32. The van der Waals surface area contributed by atoms with Crippen LogP contribution in [0.4, 0.5) is 4.39 Å². The molecule has 100 valence electrons. The molecule has 1 heterocycles. The standard InChI is InChI=1S/C13H12FNO4/c1-19-13(18)11-9(6-10(16)15-12(11)17)7-2-4-8(14)5-3-7/h2-5,9,11H,6H2,1H3,(H,15,16,17)/t9-,11-/m1/s1. The number of piperidine rings is 1. The van der Waals surface area contributed by atoms with Crippen molar-refractivity contribution < 1.29 is 23.5 Å². The molecule has 1 aliphatic heterocycles. The number of nitrogens with one attached hydrogen (secondary N) is 1. The molecule has 1 saturated heterocycles. The van der Waals surface area contributed by atoms with Crippen LogP contribution in [0.3, 0.4) is 0 Å². The monoisotopic (exact) mass is 265 g/mol. The Labute approximate surface area is 108 Å². The van der Waals surface area contributed by atoms with Crippen LogP contribution in [0.25, 0.3) is 0 Å². The summed E-state index contributed by atoms with van der Waals surface area (Å²) >= 11 is 0. The minimum absolute atomic E-state index is 0.0167. The second kappa shape index (κ2) is 5.17. The van der Waals surface area contributed by atoms with E-state index < -0.39 is 35.4 Å². The number of esters is 1. The van der Waals surface area contributed by atoms with Gasteiger partial charge in [0.05, 0.1) is 7.11 Å². The zero-order chi connectivity index (χ0) is 14.0. The van der Waals surface area contributed by atoms with Crippen LogP contribution in [0.5, 0.6) is 0 Å². The molecular weight excluding hydrogens is 253 g/mol. The molecule has 1 aromatic carbocycles. The highest BCUT2D eigenvalue weighted by molar-refractivity contribution is 6.08. The molecule has 0 radical (unpaired) electrons. The summed E-state index contributed by atoms with van der Waals surface area (Å²) in [7, 11) is 1.17. The summed E-state index contributed by atoms with van der Waals surface area (Å²) < 4.78 is 17.5. The minimum Gasteiger partial charge on any atom is -0.468 e. The molecule has 1 fully saturated rings. The predicted octanol–water partition coefficient (Wildman–Crippen LogP) is 0.745. The molecule has 19 heavy (non-hydrogen) atoms. The molecule has 2 rings (SSSR count). The number of carbonyl (C=O) groups excluding carboxylic acids is 3. The van der Waals surface area contributed by atoms with Crippen molar-refractivity contribution in [2.24, 2.45) is 5.92 Å². The number of methoxy groups -OCH3 is 1. The lowest BCUT2D eigenvalue weighted by molar-refractivity contribution is -0.153. The van der Waals surface area contributed by atoms with Crippen molar-refractivity contribution in [2.45, 2.75) is 12.3 Å². The van der Waals surface area contributed by atoms with Gasteiger partial charge in [-0.05, 0) is 17.7 Å². The van der Waals surface area contributed by atoms with Gasteiger partial charge in [0.1, 0.15) is 11.7 Å². The first kappa shape index (κ1) is 13.2. The van der Waals surface area contributed by atoms with Crippen LogP contribution in [0.2, 0.25) is 0 Å². The lowest BCUT2D eigenvalue weighted by Crippen LogP contribution is -2.48. The van der Waals surface area contributed by atoms with Gasteiger partial charge < -0.3 is 4.74 Å². The SMILES string of the molecule is COC(=O)[C@H]1C(=O)NC(=O)C[C@@H]1c1ccc(F)cc1. The van der Waals surface area contributed by atoms with E-state index in [2.05, 4.69) is 10.1 Å². The normalized spacial score (nSPS) is 22.8. The number of hydrogen-bond acceptors (Lipinski definition) is 4. The quantitative estimate of drug-likeness (QED) is 0.486. The van der Waals surface area contributed by atoms with E-state index in [1.807, 2.05) is 0 Å². The molecule has 0 saturated carbocycles. The summed E-state index contributed by atoms with van der Waals surface area (Å²) in [6.07, 6.45) is -0.0167. The Morgan fingerprint density at radius 1 is 1.32 bits per heavy atom. The van der Waals surface area contributed by atoms with E-state index in [1.165, 1.54) is 31.4 Å². The lowest BCUT2D eigenvalue weighted by Gasteiger charge is -2.28. The molecule has 2 atom stereocenters. The molecule has 0 aliphatic carbocycles. The van der Waals surface area contributed by atoms with Gasteiger partial charge in [-0.3, -0.25) is 19.7 Å².